The van der Waals surface area contributed by atoms with Crippen LogP contribution in [0.15, 0.2) is 41.0 Å². The highest BCUT2D eigenvalue weighted by Gasteiger charge is 2.18. The predicted molar refractivity (Wildman–Crippen MR) is 75.7 cm³/mol. The molecule has 0 spiro atoms. The largest absolute Gasteiger partial charge is 0.467 e. The number of hydrogen-bond acceptors (Lipinski definition) is 3. The zero-order chi connectivity index (χ0) is 15.4. The Kier molecular flexibility index (Phi) is 5.09. The molecule has 0 aliphatic heterocycles. The van der Waals surface area contributed by atoms with Crippen molar-refractivity contribution >= 4 is 0 Å². The number of furan rings is 1. The summed E-state index contributed by atoms with van der Waals surface area (Å²) in [5, 5.41) is 13.1. The highest BCUT2D eigenvalue weighted by molar-refractivity contribution is 5.22. The van der Waals surface area contributed by atoms with Crippen molar-refractivity contribution in [1.82, 2.24) is 5.32 Å². The van der Waals surface area contributed by atoms with Crippen LogP contribution in [0.4, 0.5) is 8.78 Å². The molecule has 1 aromatic carbocycles. The van der Waals surface area contributed by atoms with Crippen LogP contribution in [0.5, 0.6) is 0 Å². The number of halogens is 2. The lowest BCUT2D eigenvalue weighted by atomic mass is 10.0. The van der Waals surface area contributed by atoms with Crippen LogP contribution in [0.1, 0.15) is 43.7 Å². The van der Waals surface area contributed by atoms with Gasteiger partial charge in [0.2, 0.25) is 0 Å². The van der Waals surface area contributed by atoms with E-state index in [0.717, 1.165) is 12.1 Å². The molecule has 2 aromatic rings. The maximum atomic E-state index is 13.7. The fourth-order valence-electron chi connectivity index (χ4n) is 2.36. The fraction of sp³-hybridized carbons (Fsp3) is 0.375. The van der Waals surface area contributed by atoms with Gasteiger partial charge in [-0.3, -0.25) is 0 Å². The molecule has 2 rings (SSSR count). The molecule has 2 N–H and O–H groups in total. The molecule has 0 aliphatic rings. The maximum Gasteiger partial charge on any atom is 0.132 e. The molecule has 0 bridgehead atoms. The lowest BCUT2D eigenvalue weighted by molar-refractivity contribution is 0.127. The summed E-state index contributed by atoms with van der Waals surface area (Å²) in [6, 6.07) is 6.35. The summed E-state index contributed by atoms with van der Waals surface area (Å²) < 4.78 is 32.0. The second-order valence-corrected chi connectivity index (χ2v) is 5.22. The first-order valence-corrected chi connectivity index (χ1v) is 6.90. The molecular formula is C16H19F2NO2. The molecule has 21 heavy (non-hydrogen) atoms. The van der Waals surface area contributed by atoms with E-state index < -0.39 is 17.7 Å². The molecule has 5 heteroatoms. The van der Waals surface area contributed by atoms with Crippen LogP contribution in [0.3, 0.4) is 0 Å². The first kappa shape index (κ1) is 15.7. The van der Waals surface area contributed by atoms with Crippen LogP contribution in [0, 0.1) is 11.6 Å². The summed E-state index contributed by atoms with van der Waals surface area (Å²) >= 11 is 0. The van der Waals surface area contributed by atoms with E-state index >= 15 is 0 Å². The van der Waals surface area contributed by atoms with Gasteiger partial charge >= 0.3 is 0 Å². The normalized spacial score (nSPS) is 15.7. The van der Waals surface area contributed by atoms with E-state index in [9.17, 15) is 13.9 Å². The van der Waals surface area contributed by atoms with E-state index in [1.165, 1.54) is 12.3 Å². The molecule has 1 heterocycles. The minimum Gasteiger partial charge on any atom is -0.467 e. The molecule has 0 amide bonds. The van der Waals surface area contributed by atoms with Crippen molar-refractivity contribution in [3.63, 3.8) is 0 Å². The van der Waals surface area contributed by atoms with Crippen molar-refractivity contribution in [3.8, 4) is 0 Å². The highest BCUT2D eigenvalue weighted by Crippen LogP contribution is 2.22. The molecular weight excluding hydrogens is 276 g/mol. The monoisotopic (exact) mass is 295 g/mol. The number of nitrogens with one attached hydrogen (secondary N) is 1. The van der Waals surface area contributed by atoms with E-state index in [0.29, 0.717) is 12.2 Å². The summed E-state index contributed by atoms with van der Waals surface area (Å²) in [5.74, 6) is -0.424. The number of aliphatic hydroxyl groups is 1. The fourth-order valence-corrected chi connectivity index (χ4v) is 2.36. The van der Waals surface area contributed by atoms with Crippen LogP contribution >= 0.6 is 0 Å². The van der Waals surface area contributed by atoms with E-state index in [1.807, 2.05) is 6.92 Å². The average molecular weight is 295 g/mol. The Labute approximate surface area is 122 Å². The molecule has 3 nitrogen and oxygen atoms in total. The zero-order valence-corrected chi connectivity index (χ0v) is 12.0. The van der Waals surface area contributed by atoms with Crippen molar-refractivity contribution in [2.45, 2.75) is 38.5 Å². The first-order chi connectivity index (χ1) is 9.97. The third-order valence-electron chi connectivity index (χ3n) is 3.41. The Morgan fingerprint density at radius 2 is 2.00 bits per heavy atom. The van der Waals surface area contributed by atoms with Gasteiger partial charge in [-0.05, 0) is 50.6 Å². The number of hydrogen-bond donors (Lipinski definition) is 2. The van der Waals surface area contributed by atoms with E-state index in [1.54, 1.807) is 19.1 Å². The summed E-state index contributed by atoms with van der Waals surface area (Å²) in [6.07, 6.45) is 1.18. The summed E-state index contributed by atoms with van der Waals surface area (Å²) in [7, 11) is 0. The van der Waals surface area contributed by atoms with E-state index in [2.05, 4.69) is 5.32 Å². The van der Waals surface area contributed by atoms with Crippen LogP contribution in [0.25, 0.3) is 0 Å². The molecule has 114 valence electrons. The summed E-state index contributed by atoms with van der Waals surface area (Å²) in [4.78, 5) is 0. The molecule has 0 radical (unpaired) electrons. The third-order valence-corrected chi connectivity index (χ3v) is 3.41. The Balaban J connectivity index is 1.95. The molecule has 3 unspecified atom stereocenters. The lowest BCUT2D eigenvalue weighted by Gasteiger charge is -2.22. The minimum atomic E-state index is -0.730. The molecule has 0 saturated heterocycles. The van der Waals surface area contributed by atoms with Crippen molar-refractivity contribution in [3.05, 3.63) is 59.6 Å². The van der Waals surface area contributed by atoms with Crippen molar-refractivity contribution in [2.24, 2.45) is 0 Å². The van der Waals surface area contributed by atoms with Gasteiger partial charge in [0.15, 0.2) is 0 Å². The number of benzene rings is 1. The van der Waals surface area contributed by atoms with Crippen LogP contribution in [-0.2, 0) is 0 Å². The Morgan fingerprint density at radius 1 is 1.24 bits per heavy atom. The van der Waals surface area contributed by atoms with Crippen LogP contribution in [-0.4, -0.2) is 11.1 Å². The van der Waals surface area contributed by atoms with Crippen molar-refractivity contribution in [2.75, 3.05) is 0 Å². The molecule has 3 atom stereocenters. The van der Waals surface area contributed by atoms with Gasteiger partial charge < -0.3 is 14.8 Å². The standard InChI is InChI=1S/C16H19F2NO2/c1-10(8-15(20)16-4-3-7-21-16)19-11(2)13-9-12(17)5-6-14(13)18/h3-7,9-11,15,19-20H,8H2,1-2H3. The Morgan fingerprint density at radius 3 is 2.67 bits per heavy atom. The van der Waals surface area contributed by atoms with Gasteiger partial charge in [-0.25, -0.2) is 8.78 Å². The SMILES string of the molecule is CC(CC(O)c1ccco1)NC(C)c1cc(F)ccc1F. The summed E-state index contributed by atoms with van der Waals surface area (Å²) in [5.41, 5.74) is 0.273. The zero-order valence-electron chi connectivity index (χ0n) is 12.0. The van der Waals surface area contributed by atoms with Gasteiger partial charge in [-0.1, -0.05) is 0 Å². The molecule has 1 aromatic heterocycles. The van der Waals surface area contributed by atoms with E-state index in [-0.39, 0.29) is 17.6 Å². The maximum absolute atomic E-state index is 13.7. The molecule has 0 saturated carbocycles. The Bertz CT molecular complexity index is 572. The van der Waals surface area contributed by atoms with Gasteiger partial charge in [-0.15, -0.1) is 0 Å². The van der Waals surface area contributed by atoms with Gasteiger partial charge in [-0.2, -0.15) is 0 Å². The number of rotatable bonds is 6. The minimum absolute atomic E-state index is 0.0947. The first-order valence-electron chi connectivity index (χ1n) is 6.90. The number of aliphatic hydroxyl groups excluding tert-OH is 1. The quantitative estimate of drug-likeness (QED) is 0.853. The second kappa shape index (κ2) is 6.83. The van der Waals surface area contributed by atoms with Crippen LogP contribution < -0.4 is 5.32 Å². The van der Waals surface area contributed by atoms with Gasteiger partial charge in [0.1, 0.15) is 23.5 Å². The van der Waals surface area contributed by atoms with Crippen molar-refractivity contribution < 1.29 is 18.3 Å². The van der Waals surface area contributed by atoms with E-state index in [4.69, 9.17) is 4.42 Å². The van der Waals surface area contributed by atoms with Gasteiger partial charge in [0.05, 0.1) is 6.26 Å². The third kappa shape index (κ3) is 4.12. The smallest absolute Gasteiger partial charge is 0.132 e. The lowest BCUT2D eigenvalue weighted by Crippen LogP contribution is -2.31. The predicted octanol–water partition coefficient (Wildman–Crippen LogP) is 3.72. The topological polar surface area (TPSA) is 45.4 Å². The highest BCUT2D eigenvalue weighted by atomic mass is 19.1. The second-order valence-electron chi connectivity index (χ2n) is 5.22. The van der Waals surface area contributed by atoms with Gasteiger partial charge in [0, 0.05) is 17.6 Å². The van der Waals surface area contributed by atoms with Gasteiger partial charge in [0.25, 0.3) is 0 Å². The average Bonchev–Trinajstić information content (AvgIpc) is 2.95. The van der Waals surface area contributed by atoms with Crippen LogP contribution in [0.2, 0.25) is 0 Å². The molecule has 0 aliphatic carbocycles. The Hall–Kier alpha value is -1.72. The molecule has 0 fully saturated rings. The van der Waals surface area contributed by atoms with Crippen molar-refractivity contribution in [1.29, 1.82) is 0 Å². The summed E-state index contributed by atoms with van der Waals surface area (Å²) in [6.45, 7) is 3.63.